The second-order valence-electron chi connectivity index (χ2n) is 9.68. The van der Waals surface area contributed by atoms with Crippen molar-refractivity contribution < 1.29 is 9.47 Å². The summed E-state index contributed by atoms with van der Waals surface area (Å²) in [4.78, 5) is 2.47. The molecule has 0 radical (unpaired) electrons. The molecular formula is C22H36N4O2. The summed E-state index contributed by atoms with van der Waals surface area (Å²) in [7, 11) is 0. The zero-order valence-corrected chi connectivity index (χ0v) is 17.3. The summed E-state index contributed by atoms with van der Waals surface area (Å²) in [6.45, 7) is 5.81. The SMILES string of the molecule is C1CCC(CCc2nnc(N3CCC4(CCOC4)C3)n2CC2CCCO2)CC1. The summed E-state index contributed by atoms with van der Waals surface area (Å²) >= 11 is 0. The van der Waals surface area contributed by atoms with Crippen LogP contribution < -0.4 is 4.90 Å². The van der Waals surface area contributed by atoms with E-state index in [0.717, 1.165) is 64.2 Å². The van der Waals surface area contributed by atoms with Crippen LogP contribution in [0.15, 0.2) is 0 Å². The Kier molecular flexibility index (Phi) is 5.60. The molecule has 2 unspecified atom stereocenters. The molecule has 4 fully saturated rings. The van der Waals surface area contributed by atoms with Crippen LogP contribution in [-0.4, -0.2) is 53.8 Å². The molecule has 1 aromatic heterocycles. The average Bonchev–Trinajstić information content (AvgIpc) is 3.52. The van der Waals surface area contributed by atoms with Crippen molar-refractivity contribution in [2.75, 3.05) is 37.8 Å². The molecule has 6 nitrogen and oxygen atoms in total. The van der Waals surface area contributed by atoms with Gasteiger partial charge in [0, 0.05) is 38.1 Å². The van der Waals surface area contributed by atoms with Crippen LogP contribution in [0.3, 0.4) is 0 Å². The van der Waals surface area contributed by atoms with Crippen LogP contribution in [0.4, 0.5) is 5.95 Å². The molecule has 4 aliphatic rings. The monoisotopic (exact) mass is 388 g/mol. The van der Waals surface area contributed by atoms with Crippen molar-refractivity contribution in [3.8, 4) is 0 Å². The van der Waals surface area contributed by atoms with E-state index in [0.29, 0.717) is 11.5 Å². The lowest BCUT2D eigenvalue weighted by atomic mass is 9.86. The van der Waals surface area contributed by atoms with Gasteiger partial charge in [-0.15, -0.1) is 10.2 Å². The Morgan fingerprint density at radius 3 is 2.71 bits per heavy atom. The van der Waals surface area contributed by atoms with Crippen LogP contribution in [0.25, 0.3) is 0 Å². The molecule has 3 saturated heterocycles. The van der Waals surface area contributed by atoms with Crippen molar-refractivity contribution in [1.82, 2.24) is 14.8 Å². The lowest BCUT2D eigenvalue weighted by Gasteiger charge is -2.24. The third-order valence-corrected chi connectivity index (χ3v) is 7.63. The average molecular weight is 389 g/mol. The minimum absolute atomic E-state index is 0.328. The van der Waals surface area contributed by atoms with Crippen LogP contribution in [-0.2, 0) is 22.4 Å². The fraction of sp³-hybridized carbons (Fsp3) is 0.909. The number of aromatic nitrogens is 3. The van der Waals surface area contributed by atoms with E-state index in [1.54, 1.807) is 0 Å². The number of hydrogen-bond acceptors (Lipinski definition) is 5. The molecule has 2 atom stereocenters. The molecule has 1 spiro atoms. The van der Waals surface area contributed by atoms with E-state index in [4.69, 9.17) is 14.6 Å². The van der Waals surface area contributed by atoms with Crippen molar-refractivity contribution in [1.29, 1.82) is 0 Å². The van der Waals surface area contributed by atoms with Gasteiger partial charge in [0.1, 0.15) is 5.82 Å². The second kappa shape index (κ2) is 8.31. The smallest absolute Gasteiger partial charge is 0.227 e. The van der Waals surface area contributed by atoms with Gasteiger partial charge in [0.05, 0.1) is 19.3 Å². The van der Waals surface area contributed by atoms with E-state index in [1.165, 1.54) is 63.6 Å². The Morgan fingerprint density at radius 1 is 1.00 bits per heavy atom. The third-order valence-electron chi connectivity index (χ3n) is 7.63. The molecule has 1 aromatic rings. The van der Waals surface area contributed by atoms with Gasteiger partial charge in [-0.05, 0) is 38.0 Å². The van der Waals surface area contributed by atoms with Gasteiger partial charge < -0.3 is 14.4 Å². The molecule has 0 bridgehead atoms. The van der Waals surface area contributed by atoms with Gasteiger partial charge in [0.2, 0.25) is 5.95 Å². The van der Waals surface area contributed by atoms with E-state index in [2.05, 4.69) is 14.6 Å². The van der Waals surface area contributed by atoms with Crippen LogP contribution >= 0.6 is 0 Å². The highest BCUT2D eigenvalue weighted by molar-refractivity contribution is 5.34. The summed E-state index contributed by atoms with van der Waals surface area (Å²) in [6.07, 6.45) is 14.5. The Hall–Kier alpha value is -1.14. The highest BCUT2D eigenvalue weighted by Gasteiger charge is 2.42. The van der Waals surface area contributed by atoms with Crippen molar-refractivity contribution in [2.24, 2.45) is 11.3 Å². The van der Waals surface area contributed by atoms with E-state index >= 15 is 0 Å². The lowest BCUT2D eigenvalue weighted by molar-refractivity contribution is 0.0963. The number of aryl methyl sites for hydroxylation is 1. The van der Waals surface area contributed by atoms with Gasteiger partial charge in [-0.25, -0.2) is 0 Å². The van der Waals surface area contributed by atoms with Crippen molar-refractivity contribution >= 4 is 5.95 Å². The number of rotatable bonds is 6. The highest BCUT2D eigenvalue weighted by atomic mass is 16.5. The summed E-state index contributed by atoms with van der Waals surface area (Å²) in [5.74, 6) is 3.15. The molecule has 4 heterocycles. The maximum absolute atomic E-state index is 5.97. The number of anilines is 1. The van der Waals surface area contributed by atoms with Gasteiger partial charge in [0.15, 0.2) is 0 Å². The standard InChI is InChI=1S/C22H36N4O2/c1-2-5-18(6-3-1)8-9-20-23-24-21(26(20)15-19-7-4-13-28-19)25-12-10-22(16-25)11-14-27-17-22/h18-19H,1-17H2. The normalized spacial score (nSPS) is 31.4. The summed E-state index contributed by atoms with van der Waals surface area (Å²) in [6, 6.07) is 0. The Labute approximate surface area is 169 Å². The molecule has 0 amide bonds. The highest BCUT2D eigenvalue weighted by Crippen LogP contribution is 2.40. The minimum Gasteiger partial charge on any atom is -0.381 e. The number of ether oxygens (including phenoxy) is 2. The molecule has 1 aliphatic carbocycles. The first kappa shape index (κ1) is 18.9. The first-order valence-electron chi connectivity index (χ1n) is 11.7. The van der Waals surface area contributed by atoms with Crippen molar-refractivity contribution in [2.45, 2.75) is 83.3 Å². The minimum atomic E-state index is 0.328. The van der Waals surface area contributed by atoms with Crippen LogP contribution in [0.2, 0.25) is 0 Å². The van der Waals surface area contributed by atoms with Gasteiger partial charge in [-0.3, -0.25) is 4.57 Å². The fourth-order valence-corrected chi connectivity index (χ4v) is 5.81. The fourth-order valence-electron chi connectivity index (χ4n) is 5.81. The molecule has 6 heteroatoms. The van der Waals surface area contributed by atoms with E-state index < -0.39 is 0 Å². The Bertz CT molecular complexity index is 643. The lowest BCUT2D eigenvalue weighted by Crippen LogP contribution is -2.30. The molecule has 5 rings (SSSR count). The topological polar surface area (TPSA) is 52.4 Å². The molecular weight excluding hydrogens is 352 g/mol. The summed E-state index contributed by atoms with van der Waals surface area (Å²) < 4.78 is 14.1. The maximum Gasteiger partial charge on any atom is 0.227 e. The zero-order chi connectivity index (χ0) is 18.8. The molecule has 28 heavy (non-hydrogen) atoms. The molecule has 0 aromatic carbocycles. The predicted octanol–water partition coefficient (Wildman–Crippen LogP) is 3.59. The first-order chi connectivity index (χ1) is 13.8. The second-order valence-corrected chi connectivity index (χ2v) is 9.68. The quantitative estimate of drug-likeness (QED) is 0.745. The van der Waals surface area contributed by atoms with Crippen LogP contribution in [0.1, 0.15) is 70.0 Å². The van der Waals surface area contributed by atoms with Crippen molar-refractivity contribution in [3.63, 3.8) is 0 Å². The largest absolute Gasteiger partial charge is 0.381 e. The van der Waals surface area contributed by atoms with E-state index in [-0.39, 0.29) is 0 Å². The molecule has 0 N–H and O–H groups in total. The zero-order valence-electron chi connectivity index (χ0n) is 17.3. The molecule has 3 aliphatic heterocycles. The Morgan fingerprint density at radius 2 is 1.93 bits per heavy atom. The predicted molar refractivity (Wildman–Crippen MR) is 109 cm³/mol. The maximum atomic E-state index is 5.97. The molecule has 156 valence electrons. The molecule has 1 saturated carbocycles. The van der Waals surface area contributed by atoms with Crippen LogP contribution in [0, 0.1) is 11.3 Å². The number of hydrogen-bond donors (Lipinski definition) is 0. The summed E-state index contributed by atoms with van der Waals surface area (Å²) in [5.41, 5.74) is 0.350. The van der Waals surface area contributed by atoms with Gasteiger partial charge >= 0.3 is 0 Å². The van der Waals surface area contributed by atoms with Gasteiger partial charge in [-0.2, -0.15) is 0 Å². The van der Waals surface area contributed by atoms with Crippen LogP contribution in [0.5, 0.6) is 0 Å². The van der Waals surface area contributed by atoms with Gasteiger partial charge in [0.25, 0.3) is 0 Å². The van der Waals surface area contributed by atoms with E-state index in [1.807, 2.05) is 0 Å². The van der Waals surface area contributed by atoms with Gasteiger partial charge in [-0.1, -0.05) is 32.1 Å². The Balaban J connectivity index is 1.31. The van der Waals surface area contributed by atoms with E-state index in [9.17, 15) is 0 Å². The van der Waals surface area contributed by atoms with Crippen molar-refractivity contribution in [3.05, 3.63) is 5.82 Å². The third kappa shape index (κ3) is 3.95. The summed E-state index contributed by atoms with van der Waals surface area (Å²) in [5, 5.41) is 9.39. The number of nitrogens with zero attached hydrogens (tertiary/aromatic N) is 4. The first-order valence-corrected chi connectivity index (χ1v) is 11.7.